The lowest BCUT2D eigenvalue weighted by atomic mass is 9.95. The van der Waals surface area contributed by atoms with E-state index in [-0.39, 0.29) is 32.1 Å². The van der Waals surface area contributed by atoms with Gasteiger partial charge in [0.25, 0.3) is 0 Å². The van der Waals surface area contributed by atoms with Crippen molar-refractivity contribution in [1.82, 2.24) is 10.6 Å². The van der Waals surface area contributed by atoms with Crippen LogP contribution in [0.2, 0.25) is 0 Å². The number of fused-ring (bicyclic) bond motifs is 3. The highest BCUT2D eigenvalue weighted by molar-refractivity contribution is 5.88. The van der Waals surface area contributed by atoms with Gasteiger partial charge >= 0.3 is 12.1 Å². The van der Waals surface area contributed by atoms with Crippen LogP contribution in [0.4, 0.5) is 4.79 Å². The minimum Gasteiger partial charge on any atom is -0.479 e. The van der Waals surface area contributed by atoms with Gasteiger partial charge in [0.05, 0.1) is 12.5 Å². The van der Waals surface area contributed by atoms with Crippen LogP contribution in [-0.2, 0) is 19.1 Å². The quantitative estimate of drug-likeness (QED) is 0.465. The Morgan fingerprint density at radius 1 is 1.03 bits per heavy atom. The van der Waals surface area contributed by atoms with Crippen LogP contribution >= 0.6 is 0 Å². The second-order valence-electron chi connectivity index (χ2n) is 8.47. The molecule has 2 unspecified atom stereocenters. The molecule has 8 nitrogen and oxygen atoms in total. The molecule has 0 aliphatic heterocycles. The summed E-state index contributed by atoms with van der Waals surface area (Å²) in [5.74, 6) is -2.28. The number of carbonyl (C=O) groups is 3. The Morgan fingerprint density at radius 2 is 1.62 bits per heavy atom. The van der Waals surface area contributed by atoms with Crippen molar-refractivity contribution in [2.24, 2.45) is 5.92 Å². The Kier molecular flexibility index (Phi) is 8.28. The smallest absolute Gasteiger partial charge is 0.407 e. The predicted molar refractivity (Wildman–Crippen MR) is 128 cm³/mol. The summed E-state index contributed by atoms with van der Waals surface area (Å²) >= 11 is 0. The second kappa shape index (κ2) is 11.2. The molecular formula is C26H32N2O6. The van der Waals surface area contributed by atoms with Crippen molar-refractivity contribution in [2.75, 3.05) is 26.9 Å². The second-order valence-corrected chi connectivity index (χ2v) is 8.47. The molecule has 1 aliphatic rings. The van der Waals surface area contributed by atoms with Gasteiger partial charge in [-0.2, -0.15) is 0 Å². The SMILES string of the molecule is CCC(CNC(=O)OCC1c2ccccc2-c2ccccc21)C(=O)NC(CC)(COC)C(=O)O. The molecule has 0 heterocycles. The number of alkyl carbamates (subject to hydrolysis) is 1. The molecule has 0 fully saturated rings. The number of amides is 2. The third-order valence-electron chi connectivity index (χ3n) is 6.47. The maximum absolute atomic E-state index is 12.8. The van der Waals surface area contributed by atoms with Gasteiger partial charge in [0, 0.05) is 19.6 Å². The number of rotatable bonds is 11. The molecule has 3 N–H and O–H groups in total. The van der Waals surface area contributed by atoms with Crippen LogP contribution in [0, 0.1) is 5.92 Å². The standard InChI is InChI=1S/C26H32N2O6/c1-4-17(23(29)28-26(5-2,16-33-3)24(30)31)14-27-25(32)34-15-22-20-12-8-6-10-18(20)19-11-7-9-13-21(19)22/h6-13,17,22H,4-5,14-16H2,1-3H3,(H,27,32)(H,28,29)(H,30,31). The number of carboxylic acids is 1. The predicted octanol–water partition coefficient (Wildman–Crippen LogP) is 3.55. The van der Waals surface area contributed by atoms with Crippen LogP contribution in [0.25, 0.3) is 11.1 Å². The maximum atomic E-state index is 12.8. The van der Waals surface area contributed by atoms with Crippen LogP contribution in [0.3, 0.4) is 0 Å². The van der Waals surface area contributed by atoms with E-state index >= 15 is 0 Å². The summed E-state index contributed by atoms with van der Waals surface area (Å²) in [6, 6.07) is 16.1. The average molecular weight is 469 g/mol. The molecule has 0 spiro atoms. The third-order valence-corrected chi connectivity index (χ3v) is 6.47. The molecule has 2 amide bonds. The molecule has 0 radical (unpaired) electrons. The van der Waals surface area contributed by atoms with E-state index in [4.69, 9.17) is 9.47 Å². The fraction of sp³-hybridized carbons (Fsp3) is 0.423. The number of methoxy groups -OCH3 is 1. The fourth-order valence-electron chi connectivity index (χ4n) is 4.36. The summed E-state index contributed by atoms with van der Waals surface area (Å²) in [5.41, 5.74) is 3.01. The first-order valence-electron chi connectivity index (χ1n) is 11.5. The number of carbonyl (C=O) groups excluding carboxylic acids is 2. The Labute approximate surface area is 199 Å². The highest BCUT2D eigenvalue weighted by Crippen LogP contribution is 2.44. The zero-order valence-electron chi connectivity index (χ0n) is 19.8. The van der Waals surface area contributed by atoms with Gasteiger partial charge in [-0.15, -0.1) is 0 Å². The number of aliphatic carboxylic acids is 1. The first-order valence-corrected chi connectivity index (χ1v) is 11.5. The fourth-order valence-corrected chi connectivity index (χ4v) is 4.36. The monoisotopic (exact) mass is 468 g/mol. The van der Waals surface area contributed by atoms with Gasteiger partial charge in [-0.3, -0.25) is 4.79 Å². The van der Waals surface area contributed by atoms with Crippen LogP contribution in [0.1, 0.15) is 43.7 Å². The molecule has 0 saturated heterocycles. The molecule has 2 aromatic rings. The van der Waals surface area contributed by atoms with Gasteiger partial charge in [-0.05, 0) is 35.1 Å². The molecule has 34 heavy (non-hydrogen) atoms. The Hall–Kier alpha value is -3.39. The highest BCUT2D eigenvalue weighted by atomic mass is 16.5. The summed E-state index contributed by atoms with van der Waals surface area (Å²) in [5, 5.41) is 14.9. The first kappa shape index (κ1) is 25.2. The van der Waals surface area contributed by atoms with E-state index in [1.54, 1.807) is 13.8 Å². The molecule has 2 atom stereocenters. The van der Waals surface area contributed by atoms with Gasteiger partial charge in [-0.1, -0.05) is 62.4 Å². The van der Waals surface area contributed by atoms with Crippen LogP contribution < -0.4 is 10.6 Å². The lowest BCUT2D eigenvalue weighted by Gasteiger charge is -2.30. The zero-order valence-corrected chi connectivity index (χ0v) is 19.8. The molecule has 3 rings (SSSR count). The van der Waals surface area contributed by atoms with Crippen molar-refractivity contribution in [2.45, 2.75) is 38.1 Å². The Balaban J connectivity index is 1.58. The Bertz CT molecular complexity index is 994. The number of benzene rings is 2. The van der Waals surface area contributed by atoms with E-state index in [1.807, 2.05) is 36.4 Å². The van der Waals surface area contributed by atoms with Crippen LogP contribution in [-0.4, -0.2) is 55.5 Å². The summed E-state index contributed by atoms with van der Waals surface area (Å²) in [4.78, 5) is 37.0. The number of ether oxygens (including phenoxy) is 2. The molecular weight excluding hydrogens is 436 g/mol. The van der Waals surface area contributed by atoms with Crippen molar-refractivity contribution in [3.63, 3.8) is 0 Å². The largest absolute Gasteiger partial charge is 0.479 e. The molecule has 0 saturated carbocycles. The molecule has 8 heteroatoms. The average Bonchev–Trinajstić information content (AvgIpc) is 3.16. The van der Waals surface area contributed by atoms with E-state index in [9.17, 15) is 19.5 Å². The minimum atomic E-state index is -1.51. The summed E-state index contributed by atoms with van der Waals surface area (Å²) in [6.45, 7) is 3.53. The number of nitrogens with one attached hydrogen (secondary N) is 2. The van der Waals surface area contributed by atoms with E-state index in [0.29, 0.717) is 6.42 Å². The van der Waals surface area contributed by atoms with Crippen molar-refractivity contribution in [3.8, 4) is 11.1 Å². The molecule has 182 valence electrons. The van der Waals surface area contributed by atoms with Gasteiger partial charge in [-0.25, -0.2) is 9.59 Å². The molecule has 0 aromatic heterocycles. The molecule has 1 aliphatic carbocycles. The highest BCUT2D eigenvalue weighted by Gasteiger charge is 2.40. The van der Waals surface area contributed by atoms with Gasteiger partial charge in [0.15, 0.2) is 5.54 Å². The third kappa shape index (κ3) is 5.22. The van der Waals surface area contributed by atoms with Crippen LogP contribution in [0.5, 0.6) is 0 Å². The zero-order chi connectivity index (χ0) is 24.7. The minimum absolute atomic E-state index is 0.0331. The number of hydrogen-bond donors (Lipinski definition) is 3. The maximum Gasteiger partial charge on any atom is 0.407 e. The lowest BCUT2D eigenvalue weighted by molar-refractivity contribution is -0.151. The van der Waals surface area contributed by atoms with Gasteiger partial charge in [0.2, 0.25) is 5.91 Å². The lowest BCUT2D eigenvalue weighted by Crippen LogP contribution is -2.59. The Morgan fingerprint density at radius 3 is 2.12 bits per heavy atom. The van der Waals surface area contributed by atoms with Gasteiger partial charge in [0.1, 0.15) is 6.61 Å². The molecule has 2 aromatic carbocycles. The van der Waals surface area contributed by atoms with Crippen molar-refractivity contribution < 1.29 is 29.0 Å². The summed E-state index contributed by atoms with van der Waals surface area (Å²) in [7, 11) is 1.38. The van der Waals surface area contributed by atoms with Crippen molar-refractivity contribution >= 4 is 18.0 Å². The van der Waals surface area contributed by atoms with Crippen molar-refractivity contribution in [3.05, 3.63) is 59.7 Å². The van der Waals surface area contributed by atoms with Gasteiger partial charge < -0.3 is 25.2 Å². The first-order chi connectivity index (χ1) is 16.4. The van der Waals surface area contributed by atoms with E-state index in [0.717, 1.165) is 22.3 Å². The number of hydrogen-bond acceptors (Lipinski definition) is 5. The van der Waals surface area contributed by atoms with E-state index < -0.39 is 29.4 Å². The van der Waals surface area contributed by atoms with Crippen molar-refractivity contribution in [1.29, 1.82) is 0 Å². The topological polar surface area (TPSA) is 114 Å². The van der Waals surface area contributed by atoms with E-state index in [2.05, 4.69) is 22.8 Å². The summed E-state index contributed by atoms with van der Waals surface area (Å²) < 4.78 is 10.5. The number of carboxylic acid groups (broad SMARTS) is 1. The van der Waals surface area contributed by atoms with E-state index in [1.165, 1.54) is 7.11 Å². The normalized spacial score (nSPS) is 14.9. The molecule has 0 bridgehead atoms. The summed E-state index contributed by atoms with van der Waals surface area (Å²) in [6.07, 6.45) is -0.0370. The van der Waals surface area contributed by atoms with Crippen LogP contribution in [0.15, 0.2) is 48.5 Å².